The fourth-order valence-corrected chi connectivity index (χ4v) is 6.57. The smallest absolute Gasteiger partial charge is 0.241 e. The van der Waals surface area contributed by atoms with Gasteiger partial charge in [-0.2, -0.15) is 4.31 Å². The van der Waals surface area contributed by atoms with Crippen molar-refractivity contribution in [3.63, 3.8) is 0 Å². The molecular formula is C18H16Cl2N2O2S2. The van der Waals surface area contributed by atoms with E-state index in [1.54, 1.807) is 23.5 Å². The maximum atomic E-state index is 12.9. The number of hydrogen-bond donors (Lipinski definition) is 0. The van der Waals surface area contributed by atoms with E-state index in [1.165, 1.54) is 15.1 Å². The number of benzene rings is 2. The van der Waals surface area contributed by atoms with E-state index in [4.69, 9.17) is 28.2 Å². The Hall–Kier alpha value is -1.18. The summed E-state index contributed by atoms with van der Waals surface area (Å²) >= 11 is 13.8. The second-order valence-electron chi connectivity index (χ2n) is 6.25. The van der Waals surface area contributed by atoms with Gasteiger partial charge in [-0.15, -0.1) is 11.3 Å². The molecule has 0 radical (unpaired) electrons. The molecule has 0 atom stereocenters. The van der Waals surface area contributed by atoms with Crippen LogP contribution in [-0.2, 0) is 10.0 Å². The molecule has 0 unspecified atom stereocenters. The first kappa shape index (κ1) is 18.2. The van der Waals surface area contributed by atoms with Gasteiger partial charge in [-0.05, 0) is 37.1 Å². The molecular weight excluding hydrogens is 411 g/mol. The first-order chi connectivity index (χ1) is 12.5. The van der Waals surface area contributed by atoms with Crippen molar-refractivity contribution in [1.82, 2.24) is 9.29 Å². The zero-order valence-electron chi connectivity index (χ0n) is 13.7. The number of sulfonamides is 1. The molecule has 0 spiro atoms. The third-order valence-electron chi connectivity index (χ3n) is 4.65. The molecule has 1 saturated heterocycles. The van der Waals surface area contributed by atoms with Crippen LogP contribution in [0.5, 0.6) is 0 Å². The Morgan fingerprint density at radius 1 is 1.04 bits per heavy atom. The van der Waals surface area contributed by atoms with Crippen LogP contribution >= 0.6 is 34.5 Å². The lowest BCUT2D eigenvalue weighted by molar-refractivity contribution is 0.319. The van der Waals surface area contributed by atoms with Gasteiger partial charge >= 0.3 is 0 Å². The largest absolute Gasteiger partial charge is 0.244 e. The van der Waals surface area contributed by atoms with Gasteiger partial charge in [-0.3, -0.25) is 0 Å². The van der Waals surface area contributed by atoms with E-state index in [2.05, 4.69) is 6.07 Å². The SMILES string of the molecule is O=S(=O)(c1cccc(Cl)c1Cl)N1CCC(c2nc3ccccc3s2)CC1. The Bertz CT molecular complexity index is 1020. The highest BCUT2D eigenvalue weighted by Gasteiger charge is 2.32. The van der Waals surface area contributed by atoms with Gasteiger partial charge in [0.15, 0.2) is 0 Å². The standard InChI is InChI=1S/C18H16Cl2N2O2S2/c19-13-4-3-7-16(17(13)20)26(23,24)22-10-8-12(9-11-22)18-21-14-5-1-2-6-15(14)25-18/h1-7,12H,8-11H2. The highest BCUT2D eigenvalue weighted by atomic mass is 35.5. The molecule has 26 heavy (non-hydrogen) atoms. The van der Waals surface area contributed by atoms with E-state index in [-0.39, 0.29) is 20.9 Å². The molecule has 3 aromatic rings. The number of aromatic nitrogens is 1. The highest BCUT2D eigenvalue weighted by Crippen LogP contribution is 2.37. The summed E-state index contributed by atoms with van der Waals surface area (Å²) in [5.41, 5.74) is 1.01. The monoisotopic (exact) mass is 426 g/mol. The number of para-hydroxylation sites is 1. The fourth-order valence-electron chi connectivity index (χ4n) is 3.23. The molecule has 4 rings (SSSR count). The first-order valence-corrected chi connectivity index (χ1v) is 11.3. The number of halogens is 2. The Morgan fingerprint density at radius 2 is 1.77 bits per heavy atom. The molecule has 8 heteroatoms. The summed E-state index contributed by atoms with van der Waals surface area (Å²) in [5.74, 6) is 0.286. The Balaban J connectivity index is 1.53. The van der Waals surface area contributed by atoms with Gasteiger partial charge in [-0.1, -0.05) is 41.4 Å². The predicted octanol–water partition coefficient (Wildman–Crippen LogP) is 5.17. The molecule has 136 valence electrons. The number of hydrogen-bond acceptors (Lipinski definition) is 4. The maximum Gasteiger partial charge on any atom is 0.244 e. The van der Waals surface area contributed by atoms with Gasteiger partial charge in [0.1, 0.15) is 4.90 Å². The Morgan fingerprint density at radius 3 is 2.50 bits per heavy atom. The molecule has 0 amide bonds. The van der Waals surface area contributed by atoms with E-state index in [1.807, 2.05) is 18.2 Å². The molecule has 2 heterocycles. The molecule has 1 aromatic heterocycles. The highest BCUT2D eigenvalue weighted by molar-refractivity contribution is 7.89. The maximum absolute atomic E-state index is 12.9. The number of rotatable bonds is 3. The second kappa shape index (κ2) is 7.09. The van der Waals surface area contributed by atoms with Gasteiger partial charge in [0.25, 0.3) is 0 Å². The summed E-state index contributed by atoms with van der Waals surface area (Å²) in [6.45, 7) is 0.900. The topological polar surface area (TPSA) is 50.3 Å². The number of fused-ring (bicyclic) bond motifs is 1. The average Bonchev–Trinajstić information content (AvgIpc) is 3.08. The lowest BCUT2D eigenvalue weighted by Crippen LogP contribution is -2.38. The van der Waals surface area contributed by atoms with Crippen molar-refractivity contribution in [2.75, 3.05) is 13.1 Å². The van der Waals surface area contributed by atoms with Crippen LogP contribution in [0.2, 0.25) is 10.0 Å². The minimum Gasteiger partial charge on any atom is -0.241 e. The van der Waals surface area contributed by atoms with Crippen LogP contribution in [-0.4, -0.2) is 30.8 Å². The summed E-state index contributed by atoms with van der Waals surface area (Å²) in [5, 5.41) is 1.42. The lowest BCUT2D eigenvalue weighted by Gasteiger charge is -2.30. The normalized spacial score (nSPS) is 17.0. The van der Waals surface area contributed by atoms with Crippen molar-refractivity contribution < 1.29 is 8.42 Å². The fraction of sp³-hybridized carbons (Fsp3) is 0.278. The molecule has 2 aromatic carbocycles. The first-order valence-electron chi connectivity index (χ1n) is 8.26. The van der Waals surface area contributed by atoms with E-state index < -0.39 is 10.0 Å². The summed E-state index contributed by atoms with van der Waals surface area (Å²) < 4.78 is 28.5. The van der Waals surface area contributed by atoms with Crippen molar-refractivity contribution in [3.8, 4) is 0 Å². The van der Waals surface area contributed by atoms with Crippen LogP contribution in [0, 0.1) is 0 Å². The molecule has 1 aliphatic rings. The van der Waals surface area contributed by atoms with Gasteiger partial charge in [-0.25, -0.2) is 13.4 Å². The molecule has 1 fully saturated rings. The van der Waals surface area contributed by atoms with Crippen LogP contribution in [0.3, 0.4) is 0 Å². The predicted molar refractivity (Wildman–Crippen MR) is 107 cm³/mol. The van der Waals surface area contributed by atoms with Crippen LogP contribution in [0.1, 0.15) is 23.8 Å². The minimum atomic E-state index is -3.65. The van der Waals surface area contributed by atoms with E-state index in [0.717, 1.165) is 23.4 Å². The third kappa shape index (κ3) is 3.25. The van der Waals surface area contributed by atoms with Gasteiger partial charge in [0, 0.05) is 19.0 Å². The van der Waals surface area contributed by atoms with Crippen molar-refractivity contribution in [1.29, 1.82) is 0 Å². The number of piperidine rings is 1. The number of nitrogens with zero attached hydrogens (tertiary/aromatic N) is 2. The van der Waals surface area contributed by atoms with E-state index in [0.29, 0.717) is 13.1 Å². The molecule has 4 nitrogen and oxygen atoms in total. The van der Waals surface area contributed by atoms with Crippen LogP contribution < -0.4 is 0 Å². The van der Waals surface area contributed by atoms with Gasteiger partial charge in [0.2, 0.25) is 10.0 Å². The van der Waals surface area contributed by atoms with Crippen molar-refractivity contribution in [2.24, 2.45) is 0 Å². The zero-order chi connectivity index (χ0) is 18.3. The number of thiazole rings is 1. The quantitative estimate of drug-likeness (QED) is 0.579. The van der Waals surface area contributed by atoms with Gasteiger partial charge < -0.3 is 0 Å². The molecule has 0 N–H and O–H groups in total. The summed E-state index contributed by atoms with van der Waals surface area (Å²) in [6.07, 6.45) is 1.49. The molecule has 0 aliphatic carbocycles. The van der Waals surface area contributed by atoms with Crippen molar-refractivity contribution in [2.45, 2.75) is 23.7 Å². The van der Waals surface area contributed by atoms with Crippen molar-refractivity contribution in [3.05, 3.63) is 57.5 Å². The summed E-state index contributed by atoms with van der Waals surface area (Å²) in [4.78, 5) is 4.79. The van der Waals surface area contributed by atoms with Crippen molar-refractivity contribution >= 4 is 54.8 Å². The summed E-state index contributed by atoms with van der Waals surface area (Å²) in [7, 11) is -3.65. The minimum absolute atomic E-state index is 0.0742. The van der Waals surface area contributed by atoms with Crippen LogP contribution in [0.4, 0.5) is 0 Å². The zero-order valence-corrected chi connectivity index (χ0v) is 16.9. The van der Waals surface area contributed by atoms with Gasteiger partial charge in [0.05, 0.1) is 25.3 Å². The molecule has 0 bridgehead atoms. The molecule has 0 saturated carbocycles. The average molecular weight is 427 g/mol. The lowest BCUT2D eigenvalue weighted by atomic mass is 9.99. The van der Waals surface area contributed by atoms with Crippen LogP contribution in [0.25, 0.3) is 10.2 Å². The molecule has 1 aliphatic heterocycles. The Labute approximate surface area is 166 Å². The third-order valence-corrected chi connectivity index (χ3v) is 8.72. The summed E-state index contributed by atoms with van der Waals surface area (Å²) in [6, 6.07) is 12.8. The van der Waals surface area contributed by atoms with E-state index >= 15 is 0 Å². The Kier molecular flexibility index (Phi) is 4.96. The second-order valence-corrected chi connectivity index (χ2v) is 10.0. The van der Waals surface area contributed by atoms with E-state index in [9.17, 15) is 8.42 Å². The van der Waals surface area contributed by atoms with Crippen LogP contribution in [0.15, 0.2) is 47.4 Å².